The standard InChI is InChI=1S/C18H26N4O/c1-13(2)22-16-6-4-3-5-15(16)21-17(22)12-20-18(23)8-7-14-9-10-19-11-14/h3-6,13-14,19H,7-12H2,1-2H3,(H,20,23). The average molecular weight is 314 g/mol. The summed E-state index contributed by atoms with van der Waals surface area (Å²) in [4.78, 5) is 16.8. The zero-order valence-electron chi connectivity index (χ0n) is 14.0. The number of carbonyl (C=O) groups excluding carboxylic acids is 1. The maximum atomic E-state index is 12.1. The highest BCUT2D eigenvalue weighted by atomic mass is 16.1. The average Bonchev–Trinajstić information content (AvgIpc) is 3.17. The smallest absolute Gasteiger partial charge is 0.220 e. The second kappa shape index (κ2) is 7.13. The molecule has 23 heavy (non-hydrogen) atoms. The lowest BCUT2D eigenvalue weighted by Crippen LogP contribution is -2.25. The number of nitrogens with zero attached hydrogens (tertiary/aromatic N) is 2. The Balaban J connectivity index is 1.62. The molecular weight excluding hydrogens is 288 g/mol. The maximum Gasteiger partial charge on any atom is 0.220 e. The molecule has 0 spiro atoms. The molecule has 2 N–H and O–H groups in total. The Morgan fingerprint density at radius 1 is 1.43 bits per heavy atom. The summed E-state index contributed by atoms with van der Waals surface area (Å²) in [5, 5.41) is 6.38. The molecule has 5 heteroatoms. The van der Waals surface area contributed by atoms with Gasteiger partial charge in [0.1, 0.15) is 5.82 Å². The molecule has 0 radical (unpaired) electrons. The number of rotatable bonds is 6. The van der Waals surface area contributed by atoms with Crippen LogP contribution in [0.15, 0.2) is 24.3 Å². The number of benzene rings is 1. The van der Waals surface area contributed by atoms with E-state index in [1.165, 1.54) is 6.42 Å². The molecule has 2 heterocycles. The Morgan fingerprint density at radius 2 is 2.26 bits per heavy atom. The molecular formula is C18H26N4O. The number of carbonyl (C=O) groups is 1. The van der Waals surface area contributed by atoms with Crippen LogP contribution >= 0.6 is 0 Å². The predicted molar refractivity (Wildman–Crippen MR) is 92.2 cm³/mol. The Labute approximate surface area is 137 Å². The first-order valence-corrected chi connectivity index (χ1v) is 8.58. The molecule has 1 fully saturated rings. The first kappa shape index (κ1) is 16.0. The first-order valence-electron chi connectivity index (χ1n) is 8.58. The summed E-state index contributed by atoms with van der Waals surface area (Å²) in [6.45, 7) is 6.93. The second-order valence-corrected chi connectivity index (χ2v) is 6.65. The normalized spacial score (nSPS) is 18.0. The van der Waals surface area contributed by atoms with Gasteiger partial charge in [0.2, 0.25) is 5.91 Å². The second-order valence-electron chi connectivity index (χ2n) is 6.65. The van der Waals surface area contributed by atoms with Crippen molar-refractivity contribution in [2.24, 2.45) is 5.92 Å². The van der Waals surface area contributed by atoms with Crippen LogP contribution in [0.1, 0.15) is 45.0 Å². The fourth-order valence-corrected chi connectivity index (χ4v) is 3.36. The molecule has 0 bridgehead atoms. The minimum atomic E-state index is 0.124. The SMILES string of the molecule is CC(C)n1c(CNC(=O)CCC2CCNC2)nc2ccccc21. The van der Waals surface area contributed by atoms with Crippen LogP contribution in [0.4, 0.5) is 0 Å². The van der Waals surface area contributed by atoms with Gasteiger partial charge in [-0.15, -0.1) is 0 Å². The monoisotopic (exact) mass is 314 g/mol. The fraction of sp³-hybridized carbons (Fsp3) is 0.556. The van der Waals surface area contributed by atoms with E-state index in [1.54, 1.807) is 0 Å². The zero-order valence-corrected chi connectivity index (χ0v) is 14.0. The predicted octanol–water partition coefficient (Wildman–Crippen LogP) is 2.62. The maximum absolute atomic E-state index is 12.1. The summed E-state index contributed by atoms with van der Waals surface area (Å²) in [6.07, 6.45) is 2.77. The first-order chi connectivity index (χ1) is 11.1. The molecule has 1 aromatic carbocycles. The van der Waals surface area contributed by atoms with E-state index in [1.807, 2.05) is 18.2 Å². The molecule has 3 rings (SSSR count). The summed E-state index contributed by atoms with van der Waals surface area (Å²) in [5.74, 6) is 1.71. The Hall–Kier alpha value is -1.88. The van der Waals surface area contributed by atoms with Gasteiger partial charge in [-0.3, -0.25) is 4.79 Å². The van der Waals surface area contributed by atoms with Gasteiger partial charge in [-0.1, -0.05) is 12.1 Å². The van der Waals surface area contributed by atoms with E-state index in [9.17, 15) is 4.79 Å². The van der Waals surface area contributed by atoms with Gasteiger partial charge >= 0.3 is 0 Å². The van der Waals surface area contributed by atoms with Crippen LogP contribution in [0.3, 0.4) is 0 Å². The molecule has 5 nitrogen and oxygen atoms in total. The van der Waals surface area contributed by atoms with Crippen molar-refractivity contribution >= 4 is 16.9 Å². The third-order valence-corrected chi connectivity index (χ3v) is 4.57. The van der Waals surface area contributed by atoms with Gasteiger partial charge < -0.3 is 15.2 Å². The van der Waals surface area contributed by atoms with E-state index in [0.29, 0.717) is 24.9 Å². The van der Waals surface area contributed by atoms with Gasteiger partial charge in [0, 0.05) is 12.5 Å². The molecule has 1 unspecified atom stereocenters. The topological polar surface area (TPSA) is 59.0 Å². The highest BCUT2D eigenvalue weighted by molar-refractivity contribution is 5.77. The lowest BCUT2D eigenvalue weighted by molar-refractivity contribution is -0.121. The summed E-state index contributed by atoms with van der Waals surface area (Å²) in [5.41, 5.74) is 2.12. The third-order valence-electron chi connectivity index (χ3n) is 4.57. The largest absolute Gasteiger partial charge is 0.349 e. The molecule has 0 saturated carbocycles. The third kappa shape index (κ3) is 3.72. The highest BCUT2D eigenvalue weighted by Crippen LogP contribution is 2.21. The molecule has 1 saturated heterocycles. The lowest BCUT2D eigenvalue weighted by Gasteiger charge is -2.14. The molecule has 1 aromatic heterocycles. The number of amides is 1. The van der Waals surface area contributed by atoms with Crippen LogP contribution in [0.5, 0.6) is 0 Å². The van der Waals surface area contributed by atoms with Crippen molar-refractivity contribution in [2.45, 2.75) is 45.7 Å². The Bertz CT molecular complexity index is 671. The van der Waals surface area contributed by atoms with Gasteiger partial charge in [-0.2, -0.15) is 0 Å². The van der Waals surface area contributed by atoms with Gasteiger partial charge in [-0.25, -0.2) is 4.98 Å². The van der Waals surface area contributed by atoms with Gasteiger partial charge in [-0.05, 0) is 57.8 Å². The van der Waals surface area contributed by atoms with E-state index in [2.05, 4.69) is 40.1 Å². The van der Waals surface area contributed by atoms with Crippen LogP contribution in [-0.2, 0) is 11.3 Å². The van der Waals surface area contributed by atoms with Crippen molar-refractivity contribution in [3.8, 4) is 0 Å². The summed E-state index contributed by atoms with van der Waals surface area (Å²) in [6, 6.07) is 8.45. The quantitative estimate of drug-likeness (QED) is 0.862. The van der Waals surface area contributed by atoms with E-state index >= 15 is 0 Å². The van der Waals surface area contributed by atoms with Crippen LogP contribution in [-0.4, -0.2) is 28.5 Å². The minimum Gasteiger partial charge on any atom is -0.349 e. The summed E-state index contributed by atoms with van der Waals surface area (Å²) >= 11 is 0. The van der Waals surface area contributed by atoms with Crippen LogP contribution in [0, 0.1) is 5.92 Å². The summed E-state index contributed by atoms with van der Waals surface area (Å²) < 4.78 is 2.20. The Kier molecular flexibility index (Phi) is 4.96. The van der Waals surface area contributed by atoms with E-state index in [-0.39, 0.29) is 5.91 Å². The van der Waals surface area contributed by atoms with Crippen molar-refractivity contribution < 1.29 is 4.79 Å². The molecule has 1 amide bonds. The summed E-state index contributed by atoms with van der Waals surface area (Å²) in [7, 11) is 0. The number of para-hydroxylation sites is 2. The van der Waals surface area contributed by atoms with Crippen molar-refractivity contribution in [1.29, 1.82) is 0 Å². The number of hydrogen-bond acceptors (Lipinski definition) is 3. The minimum absolute atomic E-state index is 0.124. The van der Waals surface area contributed by atoms with Crippen molar-refractivity contribution in [2.75, 3.05) is 13.1 Å². The number of imidazole rings is 1. The van der Waals surface area contributed by atoms with Crippen molar-refractivity contribution in [3.05, 3.63) is 30.1 Å². The number of hydrogen-bond donors (Lipinski definition) is 2. The van der Waals surface area contributed by atoms with Crippen LogP contribution < -0.4 is 10.6 Å². The van der Waals surface area contributed by atoms with E-state index in [4.69, 9.17) is 0 Å². The Morgan fingerprint density at radius 3 is 3.00 bits per heavy atom. The van der Waals surface area contributed by atoms with E-state index < -0.39 is 0 Å². The number of nitrogens with one attached hydrogen (secondary N) is 2. The van der Waals surface area contributed by atoms with Gasteiger partial charge in [0.25, 0.3) is 0 Å². The fourth-order valence-electron chi connectivity index (χ4n) is 3.36. The van der Waals surface area contributed by atoms with Gasteiger partial charge in [0.05, 0.1) is 17.6 Å². The van der Waals surface area contributed by atoms with Gasteiger partial charge in [0.15, 0.2) is 0 Å². The molecule has 0 aliphatic carbocycles. The molecule has 1 aliphatic heterocycles. The molecule has 124 valence electrons. The lowest BCUT2D eigenvalue weighted by atomic mass is 10.0. The zero-order chi connectivity index (χ0) is 16.2. The van der Waals surface area contributed by atoms with Crippen molar-refractivity contribution in [3.63, 3.8) is 0 Å². The van der Waals surface area contributed by atoms with Crippen LogP contribution in [0.25, 0.3) is 11.0 Å². The van der Waals surface area contributed by atoms with Crippen LogP contribution in [0.2, 0.25) is 0 Å². The molecule has 2 aromatic rings. The van der Waals surface area contributed by atoms with Crippen molar-refractivity contribution in [1.82, 2.24) is 20.2 Å². The number of aromatic nitrogens is 2. The molecule has 1 aliphatic rings. The molecule has 1 atom stereocenters. The number of fused-ring (bicyclic) bond motifs is 1. The van der Waals surface area contributed by atoms with E-state index in [0.717, 1.165) is 36.4 Å². The highest BCUT2D eigenvalue weighted by Gasteiger charge is 2.17.